The molecule has 1 aromatic carbocycles. The molecule has 0 spiro atoms. The summed E-state index contributed by atoms with van der Waals surface area (Å²) in [6.07, 6.45) is 0. The quantitative estimate of drug-likeness (QED) is 0.793. The molecule has 0 N–H and O–H groups in total. The number of nitrogens with zero attached hydrogens (tertiary/aromatic N) is 1. The van der Waals surface area contributed by atoms with Crippen LogP contribution in [0, 0.1) is 0 Å². The molecule has 16 heavy (non-hydrogen) atoms. The maximum Gasteiger partial charge on any atom is 0.356 e. The van der Waals surface area contributed by atoms with Crippen LogP contribution < -0.4 is 0 Å². The van der Waals surface area contributed by atoms with Crippen molar-refractivity contribution < 1.29 is 9.53 Å². The molecule has 0 aliphatic heterocycles. The Morgan fingerprint density at radius 3 is 2.94 bits per heavy atom. The first-order valence-electron chi connectivity index (χ1n) is 4.94. The fraction of sp³-hybridized carbons (Fsp3) is 0.167. The van der Waals surface area contributed by atoms with Crippen molar-refractivity contribution >= 4 is 32.8 Å². The van der Waals surface area contributed by atoms with Crippen molar-refractivity contribution in [2.45, 2.75) is 6.92 Å². The molecule has 0 aliphatic rings. The van der Waals surface area contributed by atoms with Crippen molar-refractivity contribution in [2.75, 3.05) is 6.61 Å². The monoisotopic (exact) mass is 279 g/mol. The Hall–Kier alpha value is -1.42. The third kappa shape index (κ3) is 2.07. The predicted molar refractivity (Wildman–Crippen MR) is 65.4 cm³/mol. The largest absolute Gasteiger partial charge is 0.461 e. The minimum Gasteiger partial charge on any atom is -0.461 e. The molecule has 0 saturated heterocycles. The third-order valence-electron chi connectivity index (χ3n) is 2.16. The van der Waals surface area contributed by atoms with Gasteiger partial charge in [0.2, 0.25) is 0 Å². The number of benzene rings is 1. The first kappa shape index (κ1) is 11.1. The molecule has 3 nitrogen and oxygen atoms in total. The summed E-state index contributed by atoms with van der Waals surface area (Å²) in [7, 11) is 0. The van der Waals surface area contributed by atoms with E-state index in [0.29, 0.717) is 12.3 Å². The molecule has 0 radical (unpaired) electrons. The number of esters is 1. The van der Waals surface area contributed by atoms with Crippen molar-refractivity contribution in [1.82, 2.24) is 4.98 Å². The second kappa shape index (κ2) is 4.61. The maximum absolute atomic E-state index is 11.5. The Morgan fingerprint density at radius 1 is 1.38 bits per heavy atom. The number of pyridine rings is 1. The third-order valence-corrected chi connectivity index (χ3v) is 2.85. The predicted octanol–water partition coefficient (Wildman–Crippen LogP) is 3.17. The van der Waals surface area contributed by atoms with Gasteiger partial charge in [-0.15, -0.1) is 0 Å². The molecule has 0 amide bonds. The Balaban J connectivity index is 2.48. The molecular weight excluding hydrogens is 270 g/mol. The first-order chi connectivity index (χ1) is 7.72. The lowest BCUT2D eigenvalue weighted by molar-refractivity contribution is 0.0520. The zero-order valence-corrected chi connectivity index (χ0v) is 10.3. The zero-order chi connectivity index (χ0) is 11.5. The van der Waals surface area contributed by atoms with Crippen molar-refractivity contribution in [3.8, 4) is 0 Å². The van der Waals surface area contributed by atoms with Crippen LogP contribution in [0.2, 0.25) is 0 Å². The van der Waals surface area contributed by atoms with Crippen molar-refractivity contribution in [3.63, 3.8) is 0 Å². The van der Waals surface area contributed by atoms with Crippen LogP contribution in [0.15, 0.2) is 34.8 Å². The highest BCUT2D eigenvalue weighted by Crippen LogP contribution is 2.22. The van der Waals surface area contributed by atoms with Gasteiger partial charge in [0.1, 0.15) is 5.69 Å². The number of aromatic nitrogens is 1. The molecule has 82 valence electrons. The zero-order valence-electron chi connectivity index (χ0n) is 8.74. The van der Waals surface area contributed by atoms with Gasteiger partial charge >= 0.3 is 5.97 Å². The van der Waals surface area contributed by atoms with Gasteiger partial charge in [-0.05, 0) is 31.2 Å². The molecule has 4 heteroatoms. The van der Waals surface area contributed by atoms with Crippen LogP contribution in [0.1, 0.15) is 17.4 Å². The average molecular weight is 280 g/mol. The van der Waals surface area contributed by atoms with Gasteiger partial charge in [-0.1, -0.05) is 22.0 Å². The molecule has 0 unspecified atom stereocenters. The average Bonchev–Trinajstić information content (AvgIpc) is 2.29. The van der Waals surface area contributed by atoms with Gasteiger partial charge in [-0.2, -0.15) is 0 Å². The van der Waals surface area contributed by atoms with E-state index in [1.165, 1.54) is 0 Å². The van der Waals surface area contributed by atoms with E-state index in [9.17, 15) is 4.79 Å². The number of hydrogen-bond donors (Lipinski definition) is 0. The first-order valence-corrected chi connectivity index (χ1v) is 5.74. The van der Waals surface area contributed by atoms with Gasteiger partial charge in [-0.3, -0.25) is 0 Å². The van der Waals surface area contributed by atoms with E-state index >= 15 is 0 Å². The molecule has 0 fully saturated rings. The van der Waals surface area contributed by atoms with Crippen molar-refractivity contribution in [2.24, 2.45) is 0 Å². The number of halogens is 1. The van der Waals surface area contributed by atoms with Gasteiger partial charge in [0.15, 0.2) is 0 Å². The standard InChI is InChI=1S/C12H10BrNO2/c1-2-16-12(15)11-7-6-8-9(13)4-3-5-10(8)14-11/h3-7H,2H2,1H3. The summed E-state index contributed by atoms with van der Waals surface area (Å²) in [6, 6.07) is 9.22. The normalized spacial score (nSPS) is 10.4. The smallest absolute Gasteiger partial charge is 0.356 e. The van der Waals surface area contributed by atoms with Crippen LogP contribution in [0.25, 0.3) is 10.9 Å². The minimum absolute atomic E-state index is 0.340. The van der Waals surface area contributed by atoms with Crippen molar-refractivity contribution in [3.05, 3.63) is 40.5 Å². The lowest BCUT2D eigenvalue weighted by atomic mass is 10.2. The van der Waals surface area contributed by atoms with Crippen LogP contribution in [-0.4, -0.2) is 17.6 Å². The Morgan fingerprint density at radius 2 is 2.19 bits per heavy atom. The number of rotatable bonds is 2. The summed E-state index contributed by atoms with van der Waals surface area (Å²) in [6.45, 7) is 2.13. The molecule has 0 aliphatic carbocycles. The number of carbonyl (C=O) groups excluding carboxylic acids is 1. The van der Waals surface area contributed by atoms with E-state index in [1.807, 2.05) is 24.3 Å². The van der Waals surface area contributed by atoms with Gasteiger partial charge in [0.25, 0.3) is 0 Å². The van der Waals surface area contributed by atoms with Gasteiger partial charge < -0.3 is 4.74 Å². The van der Waals surface area contributed by atoms with Crippen LogP contribution in [-0.2, 0) is 4.74 Å². The van der Waals surface area contributed by atoms with E-state index in [-0.39, 0.29) is 5.97 Å². The van der Waals surface area contributed by atoms with Crippen molar-refractivity contribution in [1.29, 1.82) is 0 Å². The number of hydrogen-bond acceptors (Lipinski definition) is 3. The van der Waals surface area contributed by atoms with Crippen LogP contribution >= 0.6 is 15.9 Å². The van der Waals surface area contributed by atoms with E-state index in [4.69, 9.17) is 4.74 Å². The molecule has 0 saturated carbocycles. The van der Waals surface area contributed by atoms with Gasteiger partial charge in [-0.25, -0.2) is 9.78 Å². The Bertz CT molecular complexity index is 540. The Kier molecular flexibility index (Phi) is 3.19. The molecular formula is C12H10BrNO2. The lowest BCUT2D eigenvalue weighted by Crippen LogP contribution is -2.06. The Labute approximate surface area is 102 Å². The maximum atomic E-state index is 11.5. The summed E-state index contributed by atoms with van der Waals surface area (Å²) in [5.41, 5.74) is 1.12. The molecule has 1 aromatic heterocycles. The summed E-state index contributed by atoms with van der Waals surface area (Å²) in [4.78, 5) is 15.7. The highest BCUT2D eigenvalue weighted by molar-refractivity contribution is 9.10. The van der Waals surface area contributed by atoms with E-state index in [1.54, 1.807) is 13.0 Å². The van der Waals surface area contributed by atoms with Crippen LogP contribution in [0.3, 0.4) is 0 Å². The number of fused-ring (bicyclic) bond motifs is 1. The molecule has 2 aromatic rings. The molecule has 0 atom stereocenters. The molecule has 1 heterocycles. The topological polar surface area (TPSA) is 39.2 Å². The van der Waals surface area contributed by atoms with E-state index in [2.05, 4.69) is 20.9 Å². The fourth-order valence-corrected chi connectivity index (χ4v) is 1.92. The lowest BCUT2D eigenvalue weighted by Gasteiger charge is -2.03. The van der Waals surface area contributed by atoms with Crippen LogP contribution in [0.5, 0.6) is 0 Å². The summed E-state index contributed by atoms with van der Waals surface area (Å²) >= 11 is 3.43. The minimum atomic E-state index is -0.385. The molecule has 0 bridgehead atoms. The summed E-state index contributed by atoms with van der Waals surface area (Å²) < 4.78 is 5.86. The molecule has 2 rings (SSSR count). The second-order valence-electron chi connectivity index (χ2n) is 3.22. The SMILES string of the molecule is CCOC(=O)c1ccc2c(Br)cccc2n1. The van der Waals surface area contributed by atoms with Gasteiger partial charge in [0.05, 0.1) is 12.1 Å². The van der Waals surface area contributed by atoms with E-state index < -0.39 is 0 Å². The number of carbonyl (C=O) groups is 1. The summed E-state index contributed by atoms with van der Waals surface area (Å²) in [5, 5.41) is 0.982. The van der Waals surface area contributed by atoms with Gasteiger partial charge in [0, 0.05) is 9.86 Å². The number of ether oxygens (including phenoxy) is 1. The highest BCUT2D eigenvalue weighted by Gasteiger charge is 2.09. The van der Waals surface area contributed by atoms with Crippen LogP contribution in [0.4, 0.5) is 0 Å². The fourth-order valence-electron chi connectivity index (χ4n) is 1.44. The summed E-state index contributed by atoms with van der Waals surface area (Å²) in [5.74, 6) is -0.385. The van der Waals surface area contributed by atoms with E-state index in [0.717, 1.165) is 15.4 Å². The highest BCUT2D eigenvalue weighted by atomic mass is 79.9. The second-order valence-corrected chi connectivity index (χ2v) is 4.08.